The maximum absolute atomic E-state index is 13.3. The number of anilines is 3. The van der Waals surface area contributed by atoms with E-state index in [1.807, 2.05) is 24.3 Å². The van der Waals surface area contributed by atoms with Crippen LogP contribution in [0.4, 0.5) is 17.5 Å². The molecule has 4 aromatic rings. The molecule has 0 saturated heterocycles. The summed E-state index contributed by atoms with van der Waals surface area (Å²) in [7, 11) is -2.15. The largest absolute Gasteiger partial charge is 0.368 e. The number of nitrogens with zero attached hydrogens (tertiary/aromatic N) is 6. The third-order valence-corrected chi connectivity index (χ3v) is 6.70. The summed E-state index contributed by atoms with van der Waals surface area (Å²) in [6.07, 6.45) is 3.84. The van der Waals surface area contributed by atoms with Gasteiger partial charge in [0.15, 0.2) is 10.7 Å². The Balaban J connectivity index is 1.54. The van der Waals surface area contributed by atoms with E-state index >= 15 is 0 Å². The lowest BCUT2D eigenvalue weighted by Gasteiger charge is -2.35. The van der Waals surface area contributed by atoms with Gasteiger partial charge in [-0.05, 0) is 24.1 Å². The van der Waals surface area contributed by atoms with E-state index in [-0.39, 0.29) is 23.6 Å². The van der Waals surface area contributed by atoms with Crippen LogP contribution in [0.25, 0.3) is 11.0 Å². The van der Waals surface area contributed by atoms with Crippen molar-refractivity contribution >= 4 is 38.5 Å². The SMILES string of the molecule is Cn1ccc(S(=O)(=O)N2CC(Nc3nc(N)nc4[nH]ncc34)Cc3ccccc32)n1. The number of fused-ring (bicyclic) bond motifs is 2. The number of para-hydroxylation sites is 1. The number of nitrogens with one attached hydrogen (secondary N) is 2. The number of hydrogen-bond donors (Lipinski definition) is 3. The van der Waals surface area contributed by atoms with Crippen molar-refractivity contribution in [3.8, 4) is 0 Å². The maximum Gasteiger partial charge on any atom is 0.283 e. The van der Waals surface area contributed by atoms with Gasteiger partial charge >= 0.3 is 0 Å². The first-order valence-electron chi connectivity index (χ1n) is 9.25. The molecular weight excluding hydrogens is 406 g/mol. The van der Waals surface area contributed by atoms with Crippen LogP contribution in [0.2, 0.25) is 0 Å². The average molecular weight is 425 g/mol. The second-order valence-electron chi connectivity index (χ2n) is 7.10. The van der Waals surface area contributed by atoms with Gasteiger partial charge in [0.2, 0.25) is 5.95 Å². The number of benzene rings is 1. The molecule has 0 bridgehead atoms. The van der Waals surface area contributed by atoms with Gasteiger partial charge in [-0.1, -0.05) is 18.2 Å². The van der Waals surface area contributed by atoms with Crippen molar-refractivity contribution < 1.29 is 8.42 Å². The summed E-state index contributed by atoms with van der Waals surface area (Å²) in [4.78, 5) is 8.40. The number of sulfonamides is 1. The van der Waals surface area contributed by atoms with Crippen LogP contribution in [-0.2, 0) is 23.5 Å². The van der Waals surface area contributed by atoms with Crippen LogP contribution in [0.5, 0.6) is 0 Å². The Labute approximate surface area is 172 Å². The summed E-state index contributed by atoms with van der Waals surface area (Å²) in [5.74, 6) is 0.606. The van der Waals surface area contributed by atoms with Crippen molar-refractivity contribution in [1.29, 1.82) is 0 Å². The second kappa shape index (κ2) is 6.69. The molecule has 5 rings (SSSR count). The molecule has 1 aromatic carbocycles. The summed E-state index contributed by atoms with van der Waals surface area (Å²) in [6.45, 7) is 0.208. The van der Waals surface area contributed by atoms with Gasteiger partial charge in [0.05, 0.1) is 29.9 Å². The Morgan fingerprint density at radius 3 is 2.87 bits per heavy atom. The third-order valence-electron chi connectivity index (χ3n) is 5.02. The average Bonchev–Trinajstić information content (AvgIpc) is 3.36. The highest BCUT2D eigenvalue weighted by molar-refractivity contribution is 7.92. The van der Waals surface area contributed by atoms with Crippen molar-refractivity contribution in [1.82, 2.24) is 29.9 Å². The number of nitrogens with two attached hydrogens (primary N) is 1. The Kier molecular flexibility index (Phi) is 4.10. The molecule has 1 aliphatic rings. The van der Waals surface area contributed by atoms with E-state index < -0.39 is 10.0 Å². The normalized spacial score (nSPS) is 16.6. The van der Waals surface area contributed by atoms with E-state index in [9.17, 15) is 8.42 Å². The molecule has 30 heavy (non-hydrogen) atoms. The molecule has 4 heterocycles. The predicted octanol–water partition coefficient (Wildman–Crippen LogP) is 0.901. The van der Waals surface area contributed by atoms with Crippen LogP contribution in [0.3, 0.4) is 0 Å². The van der Waals surface area contributed by atoms with E-state index in [0.717, 1.165) is 5.56 Å². The Morgan fingerprint density at radius 1 is 1.23 bits per heavy atom. The second-order valence-corrected chi connectivity index (χ2v) is 8.91. The minimum atomic E-state index is -3.83. The third kappa shape index (κ3) is 3.01. The van der Waals surface area contributed by atoms with E-state index in [0.29, 0.717) is 29.0 Å². The summed E-state index contributed by atoms with van der Waals surface area (Å²) >= 11 is 0. The quantitative estimate of drug-likeness (QED) is 0.437. The Hall–Kier alpha value is -3.67. The van der Waals surface area contributed by atoms with Gasteiger partial charge in [0.1, 0.15) is 5.82 Å². The Morgan fingerprint density at radius 2 is 2.07 bits per heavy atom. The molecule has 1 unspecified atom stereocenters. The zero-order valence-electron chi connectivity index (χ0n) is 16.0. The maximum atomic E-state index is 13.3. The topological polar surface area (TPSA) is 148 Å². The summed E-state index contributed by atoms with van der Waals surface area (Å²) < 4.78 is 29.6. The van der Waals surface area contributed by atoms with E-state index in [1.54, 1.807) is 19.4 Å². The lowest BCUT2D eigenvalue weighted by molar-refractivity contribution is 0.573. The van der Waals surface area contributed by atoms with E-state index in [1.165, 1.54) is 15.1 Å². The van der Waals surface area contributed by atoms with Gasteiger partial charge in [0.25, 0.3) is 10.0 Å². The number of aromatic amines is 1. The highest BCUT2D eigenvalue weighted by Gasteiger charge is 2.35. The summed E-state index contributed by atoms with van der Waals surface area (Å²) in [6, 6.07) is 8.70. The number of rotatable bonds is 4. The first kappa shape index (κ1) is 18.4. The smallest absolute Gasteiger partial charge is 0.283 e. The molecule has 0 fully saturated rings. The number of hydrogen-bond acceptors (Lipinski definition) is 8. The summed E-state index contributed by atoms with van der Waals surface area (Å²) in [5, 5.41) is 14.9. The molecule has 1 aliphatic heterocycles. The molecule has 0 aliphatic carbocycles. The van der Waals surface area contributed by atoms with Crippen LogP contribution in [0.1, 0.15) is 5.56 Å². The molecule has 12 heteroatoms. The van der Waals surface area contributed by atoms with Crippen LogP contribution in [0, 0.1) is 0 Å². The summed E-state index contributed by atoms with van der Waals surface area (Å²) in [5.41, 5.74) is 7.89. The van der Waals surface area contributed by atoms with Gasteiger partial charge in [-0.3, -0.25) is 14.1 Å². The highest BCUT2D eigenvalue weighted by Crippen LogP contribution is 2.33. The molecule has 0 amide bonds. The zero-order valence-corrected chi connectivity index (χ0v) is 16.8. The lowest BCUT2D eigenvalue weighted by atomic mass is 9.99. The first-order chi connectivity index (χ1) is 14.4. The van der Waals surface area contributed by atoms with Gasteiger partial charge in [-0.2, -0.15) is 28.6 Å². The standard InChI is InChI=1S/C18H19N9O2S/c1-26-7-6-15(25-26)30(28,29)27-10-12(8-11-4-2-3-5-14(11)27)21-16-13-9-20-24-17(13)23-18(19)22-16/h2-7,9,12H,8,10H2,1H3,(H4,19,20,21,22,23,24). The molecule has 0 radical (unpaired) electrons. The highest BCUT2D eigenvalue weighted by atomic mass is 32.2. The van der Waals surface area contributed by atoms with Crippen molar-refractivity contribution in [3.05, 3.63) is 48.3 Å². The number of aryl methyl sites for hydroxylation is 1. The van der Waals surface area contributed by atoms with Crippen LogP contribution < -0.4 is 15.4 Å². The molecule has 4 N–H and O–H groups in total. The number of nitrogen functional groups attached to an aromatic ring is 1. The van der Waals surface area contributed by atoms with Crippen LogP contribution in [-0.4, -0.2) is 51.0 Å². The van der Waals surface area contributed by atoms with E-state index in [4.69, 9.17) is 5.73 Å². The fourth-order valence-electron chi connectivity index (χ4n) is 3.68. The fraction of sp³-hybridized carbons (Fsp3) is 0.222. The monoisotopic (exact) mass is 425 g/mol. The van der Waals surface area contributed by atoms with Crippen molar-refractivity contribution in [2.75, 3.05) is 21.9 Å². The van der Waals surface area contributed by atoms with Gasteiger partial charge < -0.3 is 11.1 Å². The number of H-pyrrole nitrogens is 1. The zero-order chi connectivity index (χ0) is 20.9. The molecule has 0 saturated carbocycles. The number of aromatic nitrogens is 6. The molecule has 11 nitrogen and oxygen atoms in total. The minimum Gasteiger partial charge on any atom is -0.368 e. The van der Waals surface area contributed by atoms with Crippen molar-refractivity contribution in [2.45, 2.75) is 17.5 Å². The van der Waals surface area contributed by atoms with Crippen molar-refractivity contribution in [3.63, 3.8) is 0 Å². The lowest BCUT2D eigenvalue weighted by Crippen LogP contribution is -2.45. The predicted molar refractivity (Wildman–Crippen MR) is 111 cm³/mol. The van der Waals surface area contributed by atoms with Crippen molar-refractivity contribution in [2.24, 2.45) is 7.05 Å². The Bertz CT molecular complexity index is 1340. The molecule has 154 valence electrons. The van der Waals surface area contributed by atoms with Gasteiger partial charge in [-0.25, -0.2) is 0 Å². The minimum absolute atomic E-state index is 0.00367. The van der Waals surface area contributed by atoms with Gasteiger partial charge in [-0.15, -0.1) is 0 Å². The van der Waals surface area contributed by atoms with E-state index in [2.05, 4.69) is 30.6 Å². The fourth-order valence-corrected chi connectivity index (χ4v) is 5.18. The molecule has 0 spiro atoms. The molecular formula is C18H19N9O2S. The van der Waals surface area contributed by atoms with Gasteiger partial charge in [0, 0.05) is 13.2 Å². The molecule has 3 aromatic heterocycles. The first-order valence-corrected chi connectivity index (χ1v) is 10.7. The van der Waals surface area contributed by atoms with Crippen LogP contribution >= 0.6 is 0 Å². The van der Waals surface area contributed by atoms with Crippen LogP contribution in [0.15, 0.2) is 47.8 Å². The molecule has 1 atom stereocenters.